The van der Waals surface area contributed by atoms with Crippen molar-refractivity contribution in [1.29, 1.82) is 0 Å². The van der Waals surface area contributed by atoms with Crippen LogP contribution < -0.4 is 4.74 Å². The SMILES string of the molecule is CCc1c(OC)cnc(Cl)c1F. The molecule has 0 radical (unpaired) electrons. The van der Waals surface area contributed by atoms with Crippen molar-refractivity contribution in [2.75, 3.05) is 7.11 Å². The summed E-state index contributed by atoms with van der Waals surface area (Å²) >= 11 is 5.48. The molecular weight excluding hydrogens is 181 g/mol. The molecule has 1 rings (SSSR count). The highest BCUT2D eigenvalue weighted by atomic mass is 35.5. The highest BCUT2D eigenvalue weighted by molar-refractivity contribution is 6.29. The molecule has 0 aromatic carbocycles. The van der Waals surface area contributed by atoms with Gasteiger partial charge in [-0.1, -0.05) is 18.5 Å². The van der Waals surface area contributed by atoms with Crippen LogP contribution in [0.2, 0.25) is 5.15 Å². The first-order valence-electron chi connectivity index (χ1n) is 3.57. The zero-order valence-electron chi connectivity index (χ0n) is 6.90. The summed E-state index contributed by atoms with van der Waals surface area (Å²) in [7, 11) is 1.48. The van der Waals surface area contributed by atoms with Crippen LogP contribution in [-0.4, -0.2) is 12.1 Å². The van der Waals surface area contributed by atoms with Crippen LogP contribution in [0.5, 0.6) is 5.75 Å². The molecule has 0 N–H and O–H groups in total. The summed E-state index contributed by atoms with van der Waals surface area (Å²) in [4.78, 5) is 3.62. The maximum absolute atomic E-state index is 13.2. The Morgan fingerprint density at radius 3 is 2.83 bits per heavy atom. The summed E-state index contributed by atoms with van der Waals surface area (Å²) in [6.45, 7) is 1.83. The Morgan fingerprint density at radius 2 is 2.33 bits per heavy atom. The van der Waals surface area contributed by atoms with Gasteiger partial charge in [0.2, 0.25) is 0 Å². The summed E-state index contributed by atoms with van der Waals surface area (Å²) in [5.41, 5.74) is 0.470. The molecule has 0 fully saturated rings. The lowest BCUT2D eigenvalue weighted by molar-refractivity contribution is 0.402. The molecular formula is C8H9ClFNO. The second-order valence-electron chi connectivity index (χ2n) is 2.26. The number of hydrogen-bond acceptors (Lipinski definition) is 2. The number of ether oxygens (including phenoxy) is 1. The van der Waals surface area contributed by atoms with Gasteiger partial charge in [0.05, 0.1) is 13.3 Å². The predicted molar refractivity (Wildman–Crippen MR) is 45.1 cm³/mol. The average molecular weight is 190 g/mol. The third-order valence-corrected chi connectivity index (χ3v) is 1.88. The predicted octanol–water partition coefficient (Wildman–Crippen LogP) is 2.45. The van der Waals surface area contributed by atoms with Crippen LogP contribution in [0.1, 0.15) is 12.5 Å². The maximum Gasteiger partial charge on any atom is 0.167 e. The number of halogens is 2. The Labute approximate surface area is 75.3 Å². The van der Waals surface area contributed by atoms with E-state index in [1.807, 2.05) is 6.92 Å². The van der Waals surface area contributed by atoms with Gasteiger partial charge < -0.3 is 4.74 Å². The molecule has 4 heteroatoms. The fraction of sp³-hybridized carbons (Fsp3) is 0.375. The minimum atomic E-state index is -0.487. The molecule has 0 unspecified atom stereocenters. The van der Waals surface area contributed by atoms with Crippen LogP contribution in [0.25, 0.3) is 0 Å². The molecule has 2 nitrogen and oxygen atoms in total. The number of aromatic nitrogens is 1. The maximum atomic E-state index is 13.2. The number of hydrogen-bond donors (Lipinski definition) is 0. The fourth-order valence-corrected chi connectivity index (χ4v) is 1.15. The van der Waals surface area contributed by atoms with E-state index >= 15 is 0 Å². The van der Waals surface area contributed by atoms with Gasteiger partial charge in [-0.15, -0.1) is 0 Å². The van der Waals surface area contributed by atoms with Crippen molar-refractivity contribution >= 4 is 11.6 Å². The molecule has 0 atom stereocenters. The molecule has 0 saturated carbocycles. The van der Waals surface area contributed by atoms with Crippen molar-refractivity contribution in [3.8, 4) is 5.75 Å². The van der Waals surface area contributed by atoms with E-state index in [0.717, 1.165) is 0 Å². The first kappa shape index (κ1) is 9.26. The molecule has 66 valence electrons. The van der Waals surface area contributed by atoms with E-state index in [9.17, 15) is 4.39 Å². The summed E-state index contributed by atoms with van der Waals surface area (Å²) in [6, 6.07) is 0. The third kappa shape index (κ3) is 1.50. The fourth-order valence-electron chi connectivity index (χ4n) is 0.988. The van der Waals surface area contributed by atoms with E-state index in [1.54, 1.807) is 0 Å². The van der Waals surface area contributed by atoms with Crippen molar-refractivity contribution in [3.05, 3.63) is 22.7 Å². The highest BCUT2D eigenvalue weighted by Crippen LogP contribution is 2.24. The number of rotatable bonds is 2. The minimum absolute atomic E-state index is 0.104. The quantitative estimate of drug-likeness (QED) is 0.667. The average Bonchev–Trinajstić information content (AvgIpc) is 2.09. The number of methoxy groups -OCH3 is 1. The topological polar surface area (TPSA) is 22.1 Å². The van der Waals surface area contributed by atoms with Crippen LogP contribution in [-0.2, 0) is 6.42 Å². The van der Waals surface area contributed by atoms with Crippen molar-refractivity contribution < 1.29 is 9.13 Å². The lowest BCUT2D eigenvalue weighted by Gasteiger charge is -2.06. The number of pyridine rings is 1. The van der Waals surface area contributed by atoms with Crippen LogP contribution >= 0.6 is 11.6 Å². The van der Waals surface area contributed by atoms with Crippen LogP contribution in [0.15, 0.2) is 6.20 Å². The Morgan fingerprint density at radius 1 is 1.67 bits per heavy atom. The van der Waals surface area contributed by atoms with Gasteiger partial charge >= 0.3 is 0 Å². The molecule has 1 aromatic heterocycles. The van der Waals surface area contributed by atoms with Gasteiger partial charge in [0.15, 0.2) is 11.0 Å². The van der Waals surface area contributed by atoms with Crippen LogP contribution in [0.4, 0.5) is 4.39 Å². The van der Waals surface area contributed by atoms with Crippen molar-refractivity contribution in [2.45, 2.75) is 13.3 Å². The van der Waals surface area contributed by atoms with Gasteiger partial charge in [-0.05, 0) is 6.42 Å². The van der Waals surface area contributed by atoms with E-state index < -0.39 is 5.82 Å². The lowest BCUT2D eigenvalue weighted by atomic mass is 10.2. The molecule has 0 spiro atoms. The normalized spacial score (nSPS) is 10.0. The molecule has 0 aliphatic carbocycles. The molecule has 1 aromatic rings. The zero-order valence-corrected chi connectivity index (χ0v) is 7.65. The summed E-state index contributed by atoms with van der Waals surface area (Å²) < 4.78 is 18.1. The van der Waals surface area contributed by atoms with E-state index in [0.29, 0.717) is 17.7 Å². The van der Waals surface area contributed by atoms with Gasteiger partial charge in [0, 0.05) is 5.56 Å². The number of nitrogens with zero attached hydrogens (tertiary/aromatic N) is 1. The van der Waals surface area contributed by atoms with E-state index in [4.69, 9.17) is 16.3 Å². The Balaban J connectivity index is 3.25. The van der Waals surface area contributed by atoms with Crippen molar-refractivity contribution in [3.63, 3.8) is 0 Å². The van der Waals surface area contributed by atoms with Gasteiger partial charge in [-0.3, -0.25) is 0 Å². The molecule has 0 aliphatic rings. The summed E-state index contributed by atoms with van der Waals surface area (Å²) in [5.74, 6) is -0.0436. The molecule has 0 saturated heterocycles. The minimum Gasteiger partial charge on any atom is -0.495 e. The third-order valence-electron chi connectivity index (χ3n) is 1.61. The Bertz CT molecular complexity index is 291. The van der Waals surface area contributed by atoms with E-state index in [1.165, 1.54) is 13.3 Å². The molecule has 0 amide bonds. The van der Waals surface area contributed by atoms with Crippen LogP contribution in [0.3, 0.4) is 0 Å². The monoisotopic (exact) mass is 189 g/mol. The van der Waals surface area contributed by atoms with Gasteiger partial charge in [0.1, 0.15) is 5.75 Å². The first-order chi connectivity index (χ1) is 5.70. The Kier molecular flexibility index (Phi) is 2.87. The van der Waals surface area contributed by atoms with Gasteiger partial charge in [-0.2, -0.15) is 0 Å². The first-order valence-corrected chi connectivity index (χ1v) is 3.95. The zero-order chi connectivity index (χ0) is 9.14. The van der Waals surface area contributed by atoms with Crippen molar-refractivity contribution in [2.24, 2.45) is 0 Å². The summed E-state index contributed by atoms with van der Waals surface area (Å²) in [5, 5.41) is -0.104. The second-order valence-corrected chi connectivity index (χ2v) is 2.62. The van der Waals surface area contributed by atoms with Gasteiger partial charge in [-0.25, -0.2) is 9.37 Å². The standard InChI is InChI=1S/C8H9ClFNO/c1-3-5-6(12-2)4-11-8(9)7(5)10/h4H,3H2,1-2H3. The van der Waals surface area contributed by atoms with E-state index in [-0.39, 0.29) is 5.15 Å². The van der Waals surface area contributed by atoms with E-state index in [2.05, 4.69) is 4.98 Å². The molecule has 0 aliphatic heterocycles. The molecule has 0 bridgehead atoms. The van der Waals surface area contributed by atoms with Crippen LogP contribution in [0, 0.1) is 5.82 Å². The Hall–Kier alpha value is -0.830. The van der Waals surface area contributed by atoms with Crippen molar-refractivity contribution in [1.82, 2.24) is 4.98 Å². The largest absolute Gasteiger partial charge is 0.495 e. The second kappa shape index (κ2) is 3.72. The lowest BCUT2D eigenvalue weighted by Crippen LogP contribution is -1.97. The molecule has 12 heavy (non-hydrogen) atoms. The smallest absolute Gasteiger partial charge is 0.167 e. The van der Waals surface area contributed by atoms with Gasteiger partial charge in [0.25, 0.3) is 0 Å². The molecule has 1 heterocycles. The summed E-state index contributed by atoms with van der Waals surface area (Å²) in [6.07, 6.45) is 1.96. The highest BCUT2D eigenvalue weighted by Gasteiger charge is 2.11.